The maximum absolute atomic E-state index is 13.8. The van der Waals surface area contributed by atoms with E-state index in [4.69, 9.17) is 10.3 Å². The molecule has 1 aliphatic carbocycles. The summed E-state index contributed by atoms with van der Waals surface area (Å²) < 4.78 is 21.1. The second kappa shape index (κ2) is 7.30. The van der Waals surface area contributed by atoms with Crippen molar-refractivity contribution in [2.45, 2.75) is 26.3 Å². The predicted molar refractivity (Wildman–Crippen MR) is 114 cm³/mol. The Kier molecular flexibility index (Phi) is 4.54. The number of halogens is 1. The zero-order valence-electron chi connectivity index (χ0n) is 17.3. The molecule has 162 valence electrons. The summed E-state index contributed by atoms with van der Waals surface area (Å²) in [6.07, 6.45) is 0.985. The molecule has 1 fully saturated rings. The Bertz CT molecular complexity index is 1350. The Balaban J connectivity index is 1.45. The molecule has 2 amide bonds. The van der Waals surface area contributed by atoms with Gasteiger partial charge in [0.1, 0.15) is 16.9 Å². The number of rotatable bonds is 6. The number of hydrogen-bond acceptors (Lipinski definition) is 5. The van der Waals surface area contributed by atoms with Crippen LogP contribution in [-0.4, -0.2) is 26.5 Å². The number of amides is 2. The van der Waals surface area contributed by atoms with Crippen molar-refractivity contribution in [1.29, 1.82) is 0 Å². The van der Waals surface area contributed by atoms with E-state index in [2.05, 4.69) is 15.5 Å². The van der Waals surface area contributed by atoms with Crippen LogP contribution in [0, 0.1) is 18.2 Å². The zero-order chi connectivity index (χ0) is 22.5. The van der Waals surface area contributed by atoms with Gasteiger partial charge < -0.3 is 20.1 Å². The Morgan fingerprint density at radius 3 is 2.56 bits per heavy atom. The van der Waals surface area contributed by atoms with Crippen LogP contribution in [0.1, 0.15) is 24.2 Å². The molecule has 2 aromatic heterocycles. The van der Waals surface area contributed by atoms with Crippen molar-refractivity contribution in [2.24, 2.45) is 11.1 Å². The van der Waals surface area contributed by atoms with Crippen molar-refractivity contribution in [3.05, 3.63) is 65.7 Å². The lowest BCUT2D eigenvalue weighted by atomic mass is 10.1. The molecule has 2 heterocycles. The summed E-state index contributed by atoms with van der Waals surface area (Å²) in [5.41, 5.74) is 7.41. The highest BCUT2D eigenvalue weighted by atomic mass is 19.1. The molecule has 8 nitrogen and oxygen atoms in total. The van der Waals surface area contributed by atoms with Crippen LogP contribution in [0.25, 0.3) is 28.2 Å². The second-order valence-corrected chi connectivity index (χ2v) is 8.01. The summed E-state index contributed by atoms with van der Waals surface area (Å²) >= 11 is 0. The maximum Gasteiger partial charge on any atom is 0.274 e. The van der Waals surface area contributed by atoms with Gasteiger partial charge in [0.05, 0.1) is 5.52 Å². The topological polar surface area (TPSA) is 116 Å². The Morgan fingerprint density at radius 2 is 1.94 bits per heavy atom. The van der Waals surface area contributed by atoms with Crippen LogP contribution in [0.15, 0.2) is 53.1 Å². The van der Waals surface area contributed by atoms with Gasteiger partial charge in [-0.25, -0.2) is 4.39 Å². The van der Waals surface area contributed by atoms with Crippen molar-refractivity contribution in [1.82, 2.24) is 20.0 Å². The molecule has 1 saturated carbocycles. The molecule has 2 aromatic carbocycles. The Labute approximate surface area is 182 Å². The average Bonchev–Trinajstić information content (AvgIpc) is 3.36. The van der Waals surface area contributed by atoms with Gasteiger partial charge in [0.25, 0.3) is 5.89 Å². The molecule has 5 rings (SSSR count). The van der Waals surface area contributed by atoms with Crippen LogP contribution in [0.2, 0.25) is 0 Å². The lowest BCUT2D eigenvalue weighted by Crippen LogP contribution is -2.40. The normalized spacial score (nSPS) is 14.4. The Hall–Kier alpha value is -4.01. The van der Waals surface area contributed by atoms with Gasteiger partial charge in [0.15, 0.2) is 5.82 Å². The SMILES string of the molecule is Cc1noc(-c2cc3cc(F)ccc3n2-c2ccc(CNC(=O)C3(C(N)=O)CC3)cc2)n1. The number of carbonyl (C=O) groups is 2. The molecule has 0 unspecified atom stereocenters. The third kappa shape index (κ3) is 3.31. The van der Waals surface area contributed by atoms with E-state index < -0.39 is 11.3 Å². The summed E-state index contributed by atoms with van der Waals surface area (Å²) in [7, 11) is 0. The molecule has 4 aromatic rings. The molecule has 32 heavy (non-hydrogen) atoms. The number of hydrogen-bond donors (Lipinski definition) is 2. The standard InChI is InChI=1S/C23H20FN5O3/c1-13-27-20(32-28-13)19-11-15-10-16(24)4-7-18(15)29(19)17-5-2-14(3-6-17)12-26-22(31)23(8-9-23)21(25)30/h2-7,10-11H,8-9,12H2,1H3,(H2,25,30)(H,26,31). The van der Waals surface area contributed by atoms with Gasteiger partial charge in [-0.1, -0.05) is 17.3 Å². The van der Waals surface area contributed by atoms with E-state index >= 15 is 0 Å². The monoisotopic (exact) mass is 433 g/mol. The smallest absolute Gasteiger partial charge is 0.274 e. The Morgan fingerprint density at radius 1 is 1.19 bits per heavy atom. The number of nitrogens with one attached hydrogen (secondary N) is 1. The summed E-state index contributed by atoms with van der Waals surface area (Å²) in [6, 6.07) is 13.9. The number of nitrogens with zero attached hydrogens (tertiary/aromatic N) is 3. The van der Waals surface area contributed by atoms with Gasteiger partial charge in [-0.15, -0.1) is 0 Å². The molecule has 0 radical (unpaired) electrons. The summed E-state index contributed by atoms with van der Waals surface area (Å²) in [4.78, 5) is 28.1. The van der Waals surface area contributed by atoms with Gasteiger partial charge in [-0.2, -0.15) is 4.98 Å². The lowest BCUT2D eigenvalue weighted by molar-refractivity contribution is -0.135. The molecular weight excluding hydrogens is 413 g/mol. The molecule has 9 heteroatoms. The first-order valence-electron chi connectivity index (χ1n) is 10.2. The van der Waals surface area contributed by atoms with Crippen molar-refractivity contribution in [3.63, 3.8) is 0 Å². The van der Waals surface area contributed by atoms with Gasteiger partial charge >= 0.3 is 0 Å². The summed E-state index contributed by atoms with van der Waals surface area (Å²) in [5.74, 6) is -0.417. The third-order valence-corrected chi connectivity index (χ3v) is 5.81. The average molecular weight is 433 g/mol. The molecule has 0 atom stereocenters. The minimum Gasteiger partial charge on any atom is -0.369 e. The largest absolute Gasteiger partial charge is 0.369 e. The van der Waals surface area contributed by atoms with E-state index in [0.717, 1.165) is 16.8 Å². The quantitative estimate of drug-likeness (QED) is 0.454. The van der Waals surface area contributed by atoms with Crippen molar-refractivity contribution >= 4 is 22.7 Å². The zero-order valence-corrected chi connectivity index (χ0v) is 17.3. The van der Waals surface area contributed by atoms with Gasteiger partial charge in [0.2, 0.25) is 11.8 Å². The second-order valence-electron chi connectivity index (χ2n) is 8.01. The minimum absolute atomic E-state index is 0.279. The van der Waals surface area contributed by atoms with E-state index in [1.807, 2.05) is 28.8 Å². The fraction of sp³-hybridized carbons (Fsp3) is 0.217. The summed E-state index contributed by atoms with van der Waals surface area (Å²) in [5, 5.41) is 7.35. The van der Waals surface area contributed by atoms with Gasteiger partial charge in [0, 0.05) is 17.6 Å². The van der Waals surface area contributed by atoms with Crippen LogP contribution in [0.5, 0.6) is 0 Å². The van der Waals surface area contributed by atoms with E-state index in [1.165, 1.54) is 12.1 Å². The number of aryl methyl sites for hydroxylation is 1. The fourth-order valence-corrected chi connectivity index (χ4v) is 3.85. The molecule has 0 aliphatic heterocycles. The minimum atomic E-state index is -1.05. The third-order valence-electron chi connectivity index (χ3n) is 5.81. The van der Waals surface area contributed by atoms with Gasteiger partial charge in [-0.05, 0) is 61.7 Å². The molecule has 0 bridgehead atoms. The van der Waals surface area contributed by atoms with Gasteiger partial charge in [-0.3, -0.25) is 9.59 Å². The highest BCUT2D eigenvalue weighted by Crippen LogP contribution is 2.45. The van der Waals surface area contributed by atoms with E-state index in [1.54, 1.807) is 19.1 Å². The molecule has 0 spiro atoms. The number of nitrogens with two attached hydrogens (primary N) is 1. The van der Waals surface area contributed by atoms with E-state index in [-0.39, 0.29) is 18.3 Å². The highest BCUT2D eigenvalue weighted by Gasteiger charge is 2.55. The van der Waals surface area contributed by atoms with Crippen molar-refractivity contribution in [3.8, 4) is 17.3 Å². The van der Waals surface area contributed by atoms with Crippen molar-refractivity contribution < 1.29 is 18.5 Å². The number of primary amides is 1. The first-order chi connectivity index (χ1) is 15.4. The van der Waals surface area contributed by atoms with Crippen LogP contribution in [-0.2, 0) is 16.1 Å². The maximum atomic E-state index is 13.8. The van der Waals surface area contributed by atoms with E-state index in [0.29, 0.717) is 35.6 Å². The predicted octanol–water partition coefficient (Wildman–Crippen LogP) is 3.01. The first kappa shape index (κ1) is 19.9. The van der Waals surface area contributed by atoms with Crippen LogP contribution in [0.3, 0.4) is 0 Å². The van der Waals surface area contributed by atoms with Crippen LogP contribution >= 0.6 is 0 Å². The van der Waals surface area contributed by atoms with Crippen molar-refractivity contribution in [2.75, 3.05) is 0 Å². The van der Waals surface area contributed by atoms with Crippen LogP contribution < -0.4 is 11.1 Å². The molecule has 3 N–H and O–H groups in total. The fourth-order valence-electron chi connectivity index (χ4n) is 3.85. The first-order valence-corrected chi connectivity index (χ1v) is 10.2. The van der Waals surface area contributed by atoms with Crippen LogP contribution in [0.4, 0.5) is 4.39 Å². The number of aromatic nitrogens is 3. The lowest BCUT2D eigenvalue weighted by Gasteiger charge is -2.13. The molecule has 0 saturated heterocycles. The number of fused-ring (bicyclic) bond motifs is 1. The number of carbonyl (C=O) groups excluding carboxylic acids is 2. The summed E-state index contributed by atoms with van der Waals surface area (Å²) in [6.45, 7) is 2.01. The number of benzene rings is 2. The van der Waals surface area contributed by atoms with E-state index in [9.17, 15) is 14.0 Å². The molecule has 1 aliphatic rings. The molecular formula is C23H20FN5O3. The highest BCUT2D eigenvalue weighted by molar-refractivity contribution is 6.07.